The normalized spacial score (nSPS) is 23.0. The second kappa shape index (κ2) is 4.98. The number of hydrogen-bond donors (Lipinski definition) is 1. The van der Waals surface area contributed by atoms with Crippen LogP contribution >= 0.6 is 0 Å². The predicted molar refractivity (Wildman–Crippen MR) is 78.3 cm³/mol. The molecule has 1 aromatic rings. The molecule has 1 atom stereocenters. The molecule has 0 radical (unpaired) electrons. The Labute approximate surface area is 124 Å². The number of nitrogens with zero attached hydrogens (tertiary/aromatic N) is 1. The van der Waals surface area contributed by atoms with E-state index in [0.717, 1.165) is 0 Å². The second-order valence-electron chi connectivity index (χ2n) is 7.07. The maximum atomic E-state index is 12.0. The van der Waals surface area contributed by atoms with Crippen LogP contribution in [0, 0.1) is 0 Å². The van der Waals surface area contributed by atoms with E-state index in [-0.39, 0.29) is 28.7 Å². The summed E-state index contributed by atoms with van der Waals surface area (Å²) in [6, 6.07) is 3.08. The number of carboxylic acid groups (broad SMARTS) is 1. The van der Waals surface area contributed by atoms with Crippen molar-refractivity contribution in [3.05, 3.63) is 23.7 Å². The van der Waals surface area contributed by atoms with Crippen LogP contribution in [0.15, 0.2) is 16.5 Å². The van der Waals surface area contributed by atoms with Crippen molar-refractivity contribution >= 4 is 11.8 Å². The highest BCUT2D eigenvalue weighted by Gasteiger charge is 2.47. The van der Waals surface area contributed by atoms with Crippen molar-refractivity contribution in [1.82, 2.24) is 4.90 Å². The number of ketones is 1. The number of carbonyl (C=O) groups excluding carboxylic acids is 1. The molecule has 0 spiro atoms. The summed E-state index contributed by atoms with van der Waals surface area (Å²) in [6.07, 6.45) is 0.987. The zero-order valence-corrected chi connectivity index (χ0v) is 13.3. The smallest absolute Gasteiger partial charge is 0.371 e. The third kappa shape index (κ3) is 2.88. The second-order valence-corrected chi connectivity index (χ2v) is 7.07. The molecule has 0 aliphatic carbocycles. The number of furan rings is 1. The summed E-state index contributed by atoms with van der Waals surface area (Å²) < 4.78 is 5.45. The summed E-state index contributed by atoms with van der Waals surface area (Å²) in [5.41, 5.74) is -0.594. The molecule has 1 aromatic heterocycles. The Kier molecular flexibility index (Phi) is 3.74. The molecule has 2 heterocycles. The van der Waals surface area contributed by atoms with Crippen LogP contribution in [0.25, 0.3) is 0 Å². The summed E-state index contributed by atoms with van der Waals surface area (Å²) in [4.78, 5) is 25.2. The molecular weight excluding hydrogens is 270 g/mol. The van der Waals surface area contributed by atoms with Crippen molar-refractivity contribution in [3.63, 3.8) is 0 Å². The number of Topliss-reactive ketones (excluding diaryl/α,β-unsaturated/α-hetero) is 1. The molecule has 0 saturated carbocycles. The third-order valence-electron chi connectivity index (χ3n) is 4.20. The van der Waals surface area contributed by atoms with Crippen LogP contribution in [0.5, 0.6) is 0 Å². The van der Waals surface area contributed by atoms with Gasteiger partial charge in [0.2, 0.25) is 5.76 Å². The molecule has 1 fully saturated rings. The number of carboxylic acids is 1. The molecule has 1 saturated heterocycles. The van der Waals surface area contributed by atoms with E-state index >= 15 is 0 Å². The van der Waals surface area contributed by atoms with Crippen LogP contribution in [0.3, 0.4) is 0 Å². The van der Waals surface area contributed by atoms with Crippen LogP contribution in [0.1, 0.15) is 69.8 Å². The van der Waals surface area contributed by atoms with Gasteiger partial charge in [-0.05, 0) is 46.8 Å². The molecule has 5 heteroatoms. The first-order chi connectivity index (χ1) is 9.54. The van der Waals surface area contributed by atoms with Gasteiger partial charge in [0.15, 0.2) is 0 Å². The number of hydrogen-bond acceptors (Lipinski definition) is 4. The van der Waals surface area contributed by atoms with E-state index in [1.165, 1.54) is 6.07 Å². The van der Waals surface area contributed by atoms with Crippen molar-refractivity contribution < 1.29 is 19.1 Å². The van der Waals surface area contributed by atoms with Gasteiger partial charge in [-0.1, -0.05) is 0 Å². The van der Waals surface area contributed by atoms with Gasteiger partial charge in [-0.15, -0.1) is 0 Å². The summed E-state index contributed by atoms with van der Waals surface area (Å²) >= 11 is 0. The Bertz CT molecular complexity index is 551. The monoisotopic (exact) mass is 293 g/mol. The van der Waals surface area contributed by atoms with Crippen molar-refractivity contribution in [2.45, 2.75) is 64.6 Å². The van der Waals surface area contributed by atoms with Gasteiger partial charge >= 0.3 is 5.97 Å². The Morgan fingerprint density at radius 2 is 1.76 bits per heavy atom. The summed E-state index contributed by atoms with van der Waals surface area (Å²) in [7, 11) is 0. The molecule has 2 rings (SSSR count). The first-order valence-corrected chi connectivity index (χ1v) is 7.19. The Hall–Kier alpha value is -1.62. The number of rotatable bonds is 3. The lowest BCUT2D eigenvalue weighted by Gasteiger charge is -2.54. The zero-order valence-electron chi connectivity index (χ0n) is 13.3. The molecule has 21 heavy (non-hydrogen) atoms. The van der Waals surface area contributed by atoms with Gasteiger partial charge in [0.1, 0.15) is 11.5 Å². The molecule has 1 aliphatic rings. The van der Waals surface area contributed by atoms with Crippen molar-refractivity contribution in [1.29, 1.82) is 0 Å². The first-order valence-electron chi connectivity index (χ1n) is 7.19. The highest BCUT2D eigenvalue weighted by atomic mass is 16.4. The SMILES string of the molecule is CC(c1ccc(C(=O)O)o1)N1C(C)(C)CC(=O)CC1(C)C. The molecule has 5 nitrogen and oxygen atoms in total. The van der Waals surface area contributed by atoms with Crippen molar-refractivity contribution in [2.75, 3.05) is 0 Å². The lowest BCUT2D eigenvalue weighted by Crippen LogP contribution is -2.61. The minimum absolute atomic E-state index is 0.0550. The topological polar surface area (TPSA) is 70.8 Å². The van der Waals surface area contributed by atoms with Crippen molar-refractivity contribution in [3.8, 4) is 0 Å². The van der Waals surface area contributed by atoms with E-state index in [4.69, 9.17) is 9.52 Å². The predicted octanol–water partition coefficient (Wildman–Crippen LogP) is 3.26. The number of aromatic carboxylic acids is 1. The number of piperidine rings is 1. The number of likely N-dealkylation sites (tertiary alicyclic amines) is 1. The lowest BCUT2D eigenvalue weighted by molar-refractivity contribution is -0.137. The molecular formula is C16H23NO4. The van der Waals surface area contributed by atoms with Gasteiger partial charge in [-0.2, -0.15) is 0 Å². The largest absolute Gasteiger partial charge is 0.475 e. The van der Waals surface area contributed by atoms with E-state index in [0.29, 0.717) is 18.6 Å². The van der Waals surface area contributed by atoms with Gasteiger partial charge in [0, 0.05) is 23.9 Å². The third-order valence-corrected chi connectivity index (χ3v) is 4.20. The van der Waals surface area contributed by atoms with E-state index in [1.807, 2.05) is 34.6 Å². The van der Waals surface area contributed by atoms with Crippen LogP contribution < -0.4 is 0 Å². The minimum Gasteiger partial charge on any atom is -0.475 e. The summed E-state index contributed by atoms with van der Waals surface area (Å²) in [5, 5.41) is 8.98. The molecule has 1 unspecified atom stereocenters. The summed E-state index contributed by atoms with van der Waals surface area (Å²) in [5.74, 6) is -0.247. The quantitative estimate of drug-likeness (QED) is 0.926. The highest BCUT2D eigenvalue weighted by Crippen LogP contribution is 2.43. The molecule has 0 bridgehead atoms. The van der Waals surface area contributed by atoms with E-state index in [2.05, 4.69) is 4.90 Å². The minimum atomic E-state index is -1.07. The van der Waals surface area contributed by atoms with Crippen LogP contribution in [-0.4, -0.2) is 32.8 Å². The van der Waals surface area contributed by atoms with E-state index in [9.17, 15) is 9.59 Å². The number of carbonyl (C=O) groups is 2. The summed E-state index contributed by atoms with van der Waals surface area (Å²) in [6.45, 7) is 10.2. The van der Waals surface area contributed by atoms with Gasteiger partial charge in [0.25, 0.3) is 0 Å². The Morgan fingerprint density at radius 1 is 1.24 bits per heavy atom. The fourth-order valence-electron chi connectivity index (χ4n) is 3.89. The molecule has 0 amide bonds. The first kappa shape index (κ1) is 15.8. The maximum Gasteiger partial charge on any atom is 0.371 e. The van der Waals surface area contributed by atoms with E-state index < -0.39 is 5.97 Å². The average Bonchev–Trinajstić information content (AvgIpc) is 2.73. The maximum absolute atomic E-state index is 12.0. The molecule has 1 N–H and O–H groups in total. The van der Waals surface area contributed by atoms with Gasteiger partial charge < -0.3 is 9.52 Å². The fourth-order valence-corrected chi connectivity index (χ4v) is 3.89. The molecule has 1 aliphatic heterocycles. The van der Waals surface area contributed by atoms with Crippen LogP contribution in [0.4, 0.5) is 0 Å². The van der Waals surface area contributed by atoms with Gasteiger partial charge in [0.05, 0.1) is 6.04 Å². The Balaban J connectivity index is 2.36. The van der Waals surface area contributed by atoms with E-state index in [1.54, 1.807) is 6.07 Å². The lowest BCUT2D eigenvalue weighted by atomic mass is 9.77. The van der Waals surface area contributed by atoms with Crippen LogP contribution in [-0.2, 0) is 4.79 Å². The van der Waals surface area contributed by atoms with Gasteiger partial charge in [-0.3, -0.25) is 9.69 Å². The standard InChI is InChI=1S/C16H23NO4/c1-10(12-6-7-13(21-12)14(19)20)17-15(2,3)8-11(18)9-16(17,4)5/h6-7,10H,8-9H2,1-5H3,(H,19,20). The zero-order chi connectivity index (χ0) is 16.0. The van der Waals surface area contributed by atoms with Crippen molar-refractivity contribution in [2.24, 2.45) is 0 Å². The molecule has 0 aromatic carbocycles. The fraction of sp³-hybridized carbons (Fsp3) is 0.625. The average molecular weight is 293 g/mol. The van der Waals surface area contributed by atoms with Crippen LogP contribution in [0.2, 0.25) is 0 Å². The Morgan fingerprint density at radius 3 is 2.19 bits per heavy atom. The van der Waals surface area contributed by atoms with Gasteiger partial charge in [-0.25, -0.2) is 4.79 Å². The molecule has 116 valence electrons. The highest BCUT2D eigenvalue weighted by molar-refractivity contribution is 5.84.